The predicted molar refractivity (Wildman–Crippen MR) is 76.5 cm³/mol. The second-order valence-electron chi connectivity index (χ2n) is 4.24. The molecule has 1 atom stereocenters. The molecule has 0 spiro atoms. The first kappa shape index (κ1) is 15.3. The Morgan fingerprint density at radius 2 is 2.05 bits per heavy atom. The lowest BCUT2D eigenvalue weighted by Gasteiger charge is -2.22. The van der Waals surface area contributed by atoms with Crippen LogP contribution < -0.4 is 10.2 Å². The van der Waals surface area contributed by atoms with Gasteiger partial charge in [0.25, 0.3) is 0 Å². The summed E-state index contributed by atoms with van der Waals surface area (Å²) in [5.41, 5.74) is 1.91. The van der Waals surface area contributed by atoms with Crippen LogP contribution in [-0.4, -0.2) is 43.9 Å². The molecule has 1 unspecified atom stereocenters. The molecule has 1 rings (SSSR count). The van der Waals surface area contributed by atoms with Crippen molar-refractivity contribution < 1.29 is 14.6 Å². The molecular formula is C14H22N2O3. The van der Waals surface area contributed by atoms with Crippen molar-refractivity contribution in [3.05, 3.63) is 24.3 Å². The van der Waals surface area contributed by atoms with E-state index in [0.717, 1.165) is 17.9 Å². The van der Waals surface area contributed by atoms with E-state index in [0.29, 0.717) is 6.54 Å². The zero-order valence-electron chi connectivity index (χ0n) is 11.7. The molecule has 0 aliphatic heterocycles. The number of aliphatic hydroxyl groups excluding tert-OH is 1. The summed E-state index contributed by atoms with van der Waals surface area (Å²) in [4.78, 5) is 13.4. The van der Waals surface area contributed by atoms with E-state index in [1.165, 1.54) is 7.11 Å². The van der Waals surface area contributed by atoms with Gasteiger partial charge in [-0.05, 0) is 38.1 Å². The zero-order valence-corrected chi connectivity index (χ0v) is 11.7. The molecule has 106 valence electrons. The molecule has 0 aliphatic rings. The molecule has 2 N–H and O–H groups in total. The quantitative estimate of drug-likeness (QED) is 0.732. The van der Waals surface area contributed by atoms with Crippen LogP contribution in [0.2, 0.25) is 0 Å². The van der Waals surface area contributed by atoms with Crippen molar-refractivity contribution in [2.75, 3.05) is 37.0 Å². The molecule has 0 saturated carbocycles. The number of rotatable bonds is 7. The highest BCUT2D eigenvalue weighted by molar-refractivity contribution is 5.78. The topological polar surface area (TPSA) is 61.8 Å². The summed E-state index contributed by atoms with van der Waals surface area (Å²) in [5.74, 6) is -0.292. The van der Waals surface area contributed by atoms with Crippen molar-refractivity contribution >= 4 is 17.3 Å². The zero-order chi connectivity index (χ0) is 14.3. The van der Waals surface area contributed by atoms with Crippen LogP contribution in [0.4, 0.5) is 11.4 Å². The number of nitrogens with zero attached hydrogens (tertiary/aromatic N) is 1. The number of likely N-dealkylation sites (N-methyl/N-ethyl adjacent to an activating group) is 1. The van der Waals surface area contributed by atoms with Gasteiger partial charge in [-0.1, -0.05) is 0 Å². The molecule has 0 heterocycles. The van der Waals surface area contributed by atoms with Crippen molar-refractivity contribution in [2.45, 2.75) is 19.9 Å². The highest BCUT2D eigenvalue weighted by Crippen LogP contribution is 2.18. The van der Waals surface area contributed by atoms with Crippen LogP contribution in [0.5, 0.6) is 0 Å². The van der Waals surface area contributed by atoms with E-state index < -0.39 is 0 Å². The fraction of sp³-hybridized carbons (Fsp3) is 0.500. The maximum atomic E-state index is 11.3. The number of nitrogens with one attached hydrogen (secondary N) is 1. The first-order chi connectivity index (χ1) is 9.12. The molecule has 0 aliphatic carbocycles. The van der Waals surface area contributed by atoms with Gasteiger partial charge in [0.15, 0.2) is 0 Å². The van der Waals surface area contributed by atoms with Gasteiger partial charge in [-0.2, -0.15) is 0 Å². The highest BCUT2D eigenvalue weighted by Gasteiger charge is 2.12. The number of hydrogen-bond donors (Lipinski definition) is 2. The minimum atomic E-state index is -0.379. The number of carbonyl (C=O) groups excluding carboxylic acids is 1. The maximum absolute atomic E-state index is 11.3. The molecule has 0 fully saturated rings. The predicted octanol–water partition coefficient (Wildman–Crippen LogP) is 1.48. The van der Waals surface area contributed by atoms with Crippen LogP contribution in [0.25, 0.3) is 0 Å². The molecule has 0 bridgehead atoms. The average Bonchev–Trinajstić information content (AvgIpc) is 2.44. The van der Waals surface area contributed by atoms with Gasteiger partial charge in [0.1, 0.15) is 6.04 Å². The Bertz CT molecular complexity index is 392. The number of ether oxygens (including phenoxy) is 1. The van der Waals surface area contributed by atoms with Crippen molar-refractivity contribution in [1.29, 1.82) is 0 Å². The molecule has 1 aromatic rings. The summed E-state index contributed by atoms with van der Waals surface area (Å²) in [5, 5.41) is 12.1. The van der Waals surface area contributed by atoms with Gasteiger partial charge < -0.3 is 20.1 Å². The third kappa shape index (κ3) is 4.44. The molecule has 0 amide bonds. The largest absolute Gasteiger partial charge is 0.467 e. The van der Waals surface area contributed by atoms with E-state index >= 15 is 0 Å². The summed E-state index contributed by atoms with van der Waals surface area (Å²) in [6.45, 7) is 5.38. The van der Waals surface area contributed by atoms with E-state index in [4.69, 9.17) is 5.11 Å². The number of anilines is 2. The third-order valence-corrected chi connectivity index (χ3v) is 2.92. The lowest BCUT2D eigenvalue weighted by atomic mass is 10.2. The summed E-state index contributed by atoms with van der Waals surface area (Å²) in [7, 11) is 1.37. The van der Waals surface area contributed by atoms with Crippen molar-refractivity contribution in [1.82, 2.24) is 0 Å². The van der Waals surface area contributed by atoms with Crippen LogP contribution >= 0.6 is 0 Å². The average molecular weight is 266 g/mol. The molecule has 1 aromatic carbocycles. The fourth-order valence-electron chi connectivity index (χ4n) is 1.84. The van der Waals surface area contributed by atoms with Crippen molar-refractivity contribution in [2.24, 2.45) is 0 Å². The van der Waals surface area contributed by atoms with Crippen LogP contribution in [0.1, 0.15) is 13.8 Å². The lowest BCUT2D eigenvalue weighted by Crippen LogP contribution is -2.27. The summed E-state index contributed by atoms with van der Waals surface area (Å²) in [6.07, 6.45) is 0. The van der Waals surface area contributed by atoms with E-state index in [2.05, 4.69) is 15.0 Å². The second kappa shape index (κ2) is 7.63. The van der Waals surface area contributed by atoms with Gasteiger partial charge in [0.2, 0.25) is 0 Å². The number of benzene rings is 1. The van der Waals surface area contributed by atoms with Gasteiger partial charge >= 0.3 is 5.97 Å². The van der Waals surface area contributed by atoms with Gasteiger partial charge in [0.05, 0.1) is 13.7 Å². The van der Waals surface area contributed by atoms with Crippen LogP contribution in [0, 0.1) is 0 Å². The smallest absolute Gasteiger partial charge is 0.327 e. The normalized spacial score (nSPS) is 11.8. The summed E-state index contributed by atoms with van der Waals surface area (Å²) < 4.78 is 4.66. The second-order valence-corrected chi connectivity index (χ2v) is 4.24. The number of esters is 1. The van der Waals surface area contributed by atoms with Crippen molar-refractivity contribution in [3.63, 3.8) is 0 Å². The van der Waals surface area contributed by atoms with E-state index in [-0.39, 0.29) is 18.6 Å². The Kier molecular flexibility index (Phi) is 6.15. The standard InChI is InChI=1S/C14H22N2O3/c1-4-16(9-10-17)13-7-5-12(6-8-13)15-11(2)14(18)19-3/h5-8,11,15,17H,4,9-10H2,1-3H3. The monoisotopic (exact) mass is 266 g/mol. The molecule has 0 aromatic heterocycles. The van der Waals surface area contributed by atoms with Crippen molar-refractivity contribution in [3.8, 4) is 0 Å². The molecule has 0 saturated heterocycles. The number of carbonyl (C=O) groups is 1. The SMILES string of the molecule is CCN(CCO)c1ccc(NC(C)C(=O)OC)cc1. The fourth-order valence-corrected chi connectivity index (χ4v) is 1.84. The minimum absolute atomic E-state index is 0.132. The first-order valence-corrected chi connectivity index (χ1v) is 6.42. The third-order valence-electron chi connectivity index (χ3n) is 2.92. The Balaban J connectivity index is 2.68. The Hall–Kier alpha value is -1.75. The maximum Gasteiger partial charge on any atom is 0.327 e. The molecule has 0 radical (unpaired) electrons. The molecule has 19 heavy (non-hydrogen) atoms. The van der Waals surface area contributed by atoms with Crippen LogP contribution in [-0.2, 0) is 9.53 Å². The van der Waals surface area contributed by atoms with E-state index in [1.54, 1.807) is 6.92 Å². The van der Waals surface area contributed by atoms with Gasteiger partial charge in [0, 0.05) is 24.5 Å². The first-order valence-electron chi connectivity index (χ1n) is 6.42. The summed E-state index contributed by atoms with van der Waals surface area (Å²) >= 11 is 0. The number of aliphatic hydroxyl groups is 1. The number of methoxy groups -OCH3 is 1. The lowest BCUT2D eigenvalue weighted by molar-refractivity contribution is -0.141. The van der Waals surface area contributed by atoms with E-state index in [1.807, 2.05) is 31.2 Å². The van der Waals surface area contributed by atoms with Crippen LogP contribution in [0.15, 0.2) is 24.3 Å². The Morgan fingerprint density at radius 3 is 2.53 bits per heavy atom. The number of hydrogen-bond acceptors (Lipinski definition) is 5. The van der Waals surface area contributed by atoms with Gasteiger partial charge in [-0.25, -0.2) is 4.79 Å². The van der Waals surface area contributed by atoms with Gasteiger partial charge in [-0.15, -0.1) is 0 Å². The van der Waals surface area contributed by atoms with E-state index in [9.17, 15) is 4.79 Å². The van der Waals surface area contributed by atoms with Crippen LogP contribution in [0.3, 0.4) is 0 Å². The Morgan fingerprint density at radius 1 is 1.42 bits per heavy atom. The minimum Gasteiger partial charge on any atom is -0.467 e. The Labute approximate surface area is 114 Å². The molecular weight excluding hydrogens is 244 g/mol. The van der Waals surface area contributed by atoms with Gasteiger partial charge in [-0.3, -0.25) is 0 Å². The highest BCUT2D eigenvalue weighted by atomic mass is 16.5. The summed E-state index contributed by atoms with van der Waals surface area (Å²) in [6, 6.07) is 7.37. The molecule has 5 nitrogen and oxygen atoms in total. The molecule has 5 heteroatoms.